The van der Waals surface area contributed by atoms with E-state index < -0.39 is 0 Å². The molecule has 1 amide bonds. The Kier molecular flexibility index (Phi) is 6.42. The van der Waals surface area contributed by atoms with Crippen molar-refractivity contribution >= 4 is 5.91 Å². The number of hydrogen-bond acceptors (Lipinski definition) is 4. The van der Waals surface area contributed by atoms with E-state index in [0.717, 1.165) is 5.75 Å². The van der Waals surface area contributed by atoms with Crippen molar-refractivity contribution in [1.82, 2.24) is 9.88 Å². The summed E-state index contributed by atoms with van der Waals surface area (Å²) in [5.41, 5.74) is 0.461. The van der Waals surface area contributed by atoms with E-state index in [4.69, 9.17) is 9.47 Å². The third-order valence-corrected chi connectivity index (χ3v) is 3.35. The maximum atomic E-state index is 11.9. The number of aromatic nitrogens is 1. The highest BCUT2D eigenvalue weighted by molar-refractivity contribution is 5.75. The summed E-state index contributed by atoms with van der Waals surface area (Å²) in [5.74, 6) is 1.28. The fourth-order valence-corrected chi connectivity index (χ4v) is 2.15. The van der Waals surface area contributed by atoms with Crippen LogP contribution in [0.3, 0.4) is 0 Å². The van der Waals surface area contributed by atoms with Crippen LogP contribution in [-0.4, -0.2) is 30.2 Å². The molecule has 0 aliphatic heterocycles. The Balaban J connectivity index is 1.72. The van der Waals surface area contributed by atoms with Crippen LogP contribution in [0.4, 0.5) is 0 Å². The Morgan fingerprint density at radius 2 is 1.79 bits per heavy atom. The summed E-state index contributed by atoms with van der Waals surface area (Å²) in [4.78, 5) is 23.7. The van der Waals surface area contributed by atoms with Gasteiger partial charge in [-0.2, -0.15) is 0 Å². The first-order valence-corrected chi connectivity index (χ1v) is 7.88. The van der Waals surface area contributed by atoms with Gasteiger partial charge in [0.15, 0.2) is 0 Å². The van der Waals surface area contributed by atoms with Crippen LogP contribution in [0.1, 0.15) is 12.5 Å². The lowest BCUT2D eigenvalue weighted by molar-refractivity contribution is -0.121. The minimum absolute atomic E-state index is 0.00354. The van der Waals surface area contributed by atoms with Gasteiger partial charge in [0.1, 0.15) is 24.7 Å². The van der Waals surface area contributed by atoms with E-state index in [9.17, 15) is 9.59 Å². The minimum Gasteiger partial charge on any atom is -0.494 e. The number of nitrogens with zero attached hydrogens (tertiary/aromatic N) is 1. The molecule has 6 heteroatoms. The van der Waals surface area contributed by atoms with Crippen LogP contribution >= 0.6 is 0 Å². The largest absolute Gasteiger partial charge is 0.494 e. The maximum absolute atomic E-state index is 11.9. The lowest BCUT2D eigenvalue weighted by atomic mass is 10.3. The summed E-state index contributed by atoms with van der Waals surface area (Å²) in [6, 6.07) is 10.8. The molecule has 1 heterocycles. The molecular formula is C18H22N2O4. The molecule has 0 atom stereocenters. The second kappa shape index (κ2) is 8.76. The predicted molar refractivity (Wildman–Crippen MR) is 91.6 cm³/mol. The standard InChI is InChI=1S/C18H22N2O4/c1-3-23-15-6-8-16(9-7-15)24-12-10-19-17(21)13-20-11-4-5-14(2)18(20)22/h4-9,11H,3,10,12-13H2,1-2H3,(H,19,21). The topological polar surface area (TPSA) is 69.6 Å². The number of pyridine rings is 1. The van der Waals surface area contributed by atoms with Crippen molar-refractivity contribution in [2.75, 3.05) is 19.8 Å². The summed E-state index contributed by atoms with van der Waals surface area (Å²) in [5, 5.41) is 2.73. The lowest BCUT2D eigenvalue weighted by Gasteiger charge is -2.10. The molecule has 0 aliphatic rings. The van der Waals surface area contributed by atoms with Crippen molar-refractivity contribution in [2.45, 2.75) is 20.4 Å². The summed E-state index contributed by atoms with van der Waals surface area (Å²) in [6.45, 7) is 4.99. The summed E-state index contributed by atoms with van der Waals surface area (Å²) in [7, 11) is 0. The van der Waals surface area contributed by atoms with Crippen molar-refractivity contribution < 1.29 is 14.3 Å². The number of carbonyl (C=O) groups is 1. The van der Waals surface area contributed by atoms with Crippen LogP contribution in [0.2, 0.25) is 0 Å². The number of nitrogens with one attached hydrogen (secondary N) is 1. The van der Waals surface area contributed by atoms with Gasteiger partial charge in [-0.05, 0) is 44.2 Å². The van der Waals surface area contributed by atoms with Gasteiger partial charge in [-0.3, -0.25) is 9.59 Å². The Hall–Kier alpha value is -2.76. The number of carbonyl (C=O) groups excluding carboxylic acids is 1. The van der Waals surface area contributed by atoms with E-state index in [-0.39, 0.29) is 18.0 Å². The van der Waals surface area contributed by atoms with Gasteiger partial charge < -0.3 is 19.4 Å². The molecule has 1 aromatic heterocycles. The van der Waals surface area contributed by atoms with Crippen molar-refractivity contribution in [3.05, 3.63) is 58.5 Å². The summed E-state index contributed by atoms with van der Waals surface area (Å²) < 4.78 is 12.3. The summed E-state index contributed by atoms with van der Waals surface area (Å²) in [6.07, 6.45) is 1.60. The average Bonchev–Trinajstić information content (AvgIpc) is 2.58. The fraction of sp³-hybridized carbons (Fsp3) is 0.333. The van der Waals surface area contributed by atoms with Crippen molar-refractivity contribution in [3.63, 3.8) is 0 Å². The second-order valence-corrected chi connectivity index (χ2v) is 5.23. The van der Waals surface area contributed by atoms with Gasteiger partial charge in [0.2, 0.25) is 5.91 Å². The van der Waals surface area contributed by atoms with Crippen LogP contribution in [-0.2, 0) is 11.3 Å². The molecule has 1 N–H and O–H groups in total. The molecule has 6 nitrogen and oxygen atoms in total. The average molecular weight is 330 g/mol. The lowest BCUT2D eigenvalue weighted by Crippen LogP contribution is -2.34. The van der Waals surface area contributed by atoms with E-state index in [2.05, 4.69) is 5.32 Å². The zero-order valence-corrected chi connectivity index (χ0v) is 14.0. The number of ether oxygens (including phenoxy) is 2. The Bertz CT molecular complexity index is 723. The zero-order valence-electron chi connectivity index (χ0n) is 14.0. The van der Waals surface area contributed by atoms with Crippen molar-refractivity contribution in [3.8, 4) is 11.5 Å². The third kappa shape index (κ3) is 5.15. The van der Waals surface area contributed by atoms with Crippen LogP contribution < -0.4 is 20.3 Å². The maximum Gasteiger partial charge on any atom is 0.253 e. The number of rotatable bonds is 8. The molecule has 0 spiro atoms. The summed E-state index contributed by atoms with van der Waals surface area (Å²) >= 11 is 0. The molecule has 0 fully saturated rings. The molecule has 1 aromatic carbocycles. The van der Waals surface area contributed by atoms with Gasteiger partial charge in [-0.1, -0.05) is 6.07 Å². The molecule has 2 rings (SSSR count). The molecule has 24 heavy (non-hydrogen) atoms. The zero-order chi connectivity index (χ0) is 17.4. The fourth-order valence-electron chi connectivity index (χ4n) is 2.15. The normalized spacial score (nSPS) is 10.2. The number of amides is 1. The van der Waals surface area contributed by atoms with Crippen molar-refractivity contribution in [2.24, 2.45) is 0 Å². The molecule has 0 bridgehead atoms. The van der Waals surface area contributed by atoms with Gasteiger partial charge in [-0.25, -0.2) is 0 Å². The number of aryl methyl sites for hydroxylation is 1. The SMILES string of the molecule is CCOc1ccc(OCCNC(=O)Cn2cccc(C)c2=O)cc1. The van der Waals surface area contributed by atoms with Crippen LogP contribution in [0.5, 0.6) is 11.5 Å². The highest BCUT2D eigenvalue weighted by Crippen LogP contribution is 2.17. The van der Waals surface area contributed by atoms with E-state index in [0.29, 0.717) is 31.1 Å². The molecule has 128 valence electrons. The minimum atomic E-state index is -0.224. The van der Waals surface area contributed by atoms with Gasteiger partial charge in [0.25, 0.3) is 5.56 Å². The Morgan fingerprint density at radius 1 is 1.12 bits per heavy atom. The van der Waals surface area contributed by atoms with Gasteiger partial charge in [-0.15, -0.1) is 0 Å². The number of hydrogen-bond donors (Lipinski definition) is 1. The van der Waals surface area contributed by atoms with Crippen LogP contribution in [0, 0.1) is 6.92 Å². The molecular weight excluding hydrogens is 308 g/mol. The quantitative estimate of drug-likeness (QED) is 0.749. The molecule has 2 aromatic rings. The van der Waals surface area contributed by atoms with Gasteiger partial charge in [0, 0.05) is 11.8 Å². The molecule has 0 saturated carbocycles. The first-order chi connectivity index (χ1) is 11.6. The predicted octanol–water partition coefficient (Wildman–Crippen LogP) is 1.75. The third-order valence-electron chi connectivity index (χ3n) is 3.35. The van der Waals surface area contributed by atoms with Gasteiger partial charge >= 0.3 is 0 Å². The Labute approximate surface area is 141 Å². The highest BCUT2D eigenvalue weighted by Gasteiger charge is 2.05. The molecule has 0 aliphatic carbocycles. The van der Waals surface area contributed by atoms with Crippen molar-refractivity contribution in [1.29, 1.82) is 0 Å². The monoisotopic (exact) mass is 330 g/mol. The second-order valence-electron chi connectivity index (χ2n) is 5.23. The molecule has 0 radical (unpaired) electrons. The molecule has 0 saturated heterocycles. The van der Waals surface area contributed by atoms with E-state index in [1.807, 2.05) is 31.2 Å². The van der Waals surface area contributed by atoms with Gasteiger partial charge in [0.05, 0.1) is 13.2 Å². The number of benzene rings is 1. The highest BCUT2D eigenvalue weighted by atomic mass is 16.5. The Morgan fingerprint density at radius 3 is 2.46 bits per heavy atom. The van der Waals surface area contributed by atoms with Crippen LogP contribution in [0.25, 0.3) is 0 Å². The first-order valence-electron chi connectivity index (χ1n) is 7.88. The van der Waals surface area contributed by atoms with Crippen LogP contribution in [0.15, 0.2) is 47.4 Å². The van der Waals surface area contributed by atoms with E-state index in [1.54, 1.807) is 25.3 Å². The molecule has 0 unspecified atom stereocenters. The van der Waals surface area contributed by atoms with E-state index in [1.165, 1.54) is 4.57 Å². The first kappa shape index (κ1) is 17.6. The van der Waals surface area contributed by atoms with E-state index >= 15 is 0 Å². The smallest absolute Gasteiger partial charge is 0.253 e.